The fourth-order valence-corrected chi connectivity index (χ4v) is 1.80. The van der Waals surface area contributed by atoms with Crippen LogP contribution in [0.5, 0.6) is 11.5 Å². The summed E-state index contributed by atoms with van der Waals surface area (Å²) >= 11 is 0. The minimum absolute atomic E-state index is 0.0296. The summed E-state index contributed by atoms with van der Waals surface area (Å²) < 4.78 is 5.57. The van der Waals surface area contributed by atoms with Crippen molar-refractivity contribution < 1.29 is 14.6 Å². The van der Waals surface area contributed by atoms with Crippen LogP contribution in [0.2, 0.25) is 0 Å². The van der Waals surface area contributed by atoms with Crippen LogP contribution in [0.15, 0.2) is 48.5 Å². The molecule has 4 heteroatoms. The highest BCUT2D eigenvalue weighted by Gasteiger charge is 2.09. The lowest BCUT2D eigenvalue weighted by Gasteiger charge is -2.09. The molecule has 20 heavy (non-hydrogen) atoms. The summed E-state index contributed by atoms with van der Waals surface area (Å²) in [5, 5.41) is 12.6. The molecule has 0 radical (unpaired) electrons. The van der Waals surface area contributed by atoms with Crippen molar-refractivity contribution in [1.29, 1.82) is 0 Å². The summed E-state index contributed by atoms with van der Waals surface area (Å²) in [6.07, 6.45) is 0. The van der Waals surface area contributed by atoms with Gasteiger partial charge in [0.25, 0.3) is 0 Å². The molecule has 0 spiro atoms. The first-order valence-electron chi connectivity index (χ1n) is 6.38. The molecule has 0 unspecified atom stereocenters. The quantitative estimate of drug-likeness (QED) is 0.792. The van der Waals surface area contributed by atoms with Crippen LogP contribution in [0, 0.1) is 0 Å². The highest BCUT2D eigenvalue weighted by Crippen LogP contribution is 2.27. The fraction of sp³-hybridized carbons (Fsp3) is 0.188. The van der Waals surface area contributed by atoms with E-state index in [1.54, 1.807) is 19.2 Å². The van der Waals surface area contributed by atoms with Gasteiger partial charge in [0.05, 0.1) is 6.54 Å². The molecule has 0 aliphatic rings. The maximum atomic E-state index is 11.8. The van der Waals surface area contributed by atoms with Gasteiger partial charge in [-0.2, -0.15) is 0 Å². The van der Waals surface area contributed by atoms with E-state index in [1.807, 2.05) is 30.3 Å². The number of phenols is 1. The second-order valence-corrected chi connectivity index (χ2v) is 4.41. The zero-order valence-corrected chi connectivity index (χ0v) is 11.3. The van der Waals surface area contributed by atoms with Crippen molar-refractivity contribution >= 4 is 5.78 Å². The molecule has 104 valence electrons. The highest BCUT2D eigenvalue weighted by molar-refractivity contribution is 5.98. The monoisotopic (exact) mass is 271 g/mol. The lowest BCUT2D eigenvalue weighted by Crippen LogP contribution is -2.18. The smallest absolute Gasteiger partial charge is 0.176 e. The van der Waals surface area contributed by atoms with Gasteiger partial charge in [-0.3, -0.25) is 4.79 Å². The number of benzene rings is 2. The lowest BCUT2D eigenvalue weighted by atomic mass is 10.1. The number of ether oxygens (including phenoxy) is 1. The lowest BCUT2D eigenvalue weighted by molar-refractivity contribution is 0.0993. The van der Waals surface area contributed by atoms with Gasteiger partial charge >= 0.3 is 0 Å². The molecular formula is C16H17NO3. The molecule has 0 aliphatic heterocycles. The third-order valence-electron chi connectivity index (χ3n) is 2.86. The number of likely N-dealkylation sites (N-methyl/N-ethyl adjacent to an activating group) is 1. The van der Waals surface area contributed by atoms with E-state index < -0.39 is 0 Å². The van der Waals surface area contributed by atoms with E-state index in [9.17, 15) is 9.90 Å². The number of hydrogen-bond acceptors (Lipinski definition) is 4. The summed E-state index contributed by atoms with van der Waals surface area (Å²) in [5.41, 5.74) is 1.51. The van der Waals surface area contributed by atoms with Gasteiger partial charge in [-0.05, 0) is 30.8 Å². The number of aromatic hydroxyl groups is 1. The molecule has 4 nitrogen and oxygen atoms in total. The molecular weight excluding hydrogens is 254 g/mol. The largest absolute Gasteiger partial charge is 0.504 e. The van der Waals surface area contributed by atoms with Crippen molar-refractivity contribution in [2.24, 2.45) is 0 Å². The first-order chi connectivity index (χ1) is 9.70. The van der Waals surface area contributed by atoms with Gasteiger partial charge in [-0.25, -0.2) is 0 Å². The van der Waals surface area contributed by atoms with Crippen molar-refractivity contribution in [2.75, 3.05) is 13.6 Å². The van der Waals surface area contributed by atoms with E-state index >= 15 is 0 Å². The second kappa shape index (κ2) is 6.73. The predicted molar refractivity (Wildman–Crippen MR) is 77.1 cm³/mol. The van der Waals surface area contributed by atoms with Gasteiger partial charge in [0.2, 0.25) is 0 Å². The Bertz CT molecular complexity index is 582. The van der Waals surface area contributed by atoms with Crippen LogP contribution in [0.4, 0.5) is 0 Å². The molecule has 2 N–H and O–H groups in total. The Hall–Kier alpha value is -2.33. The van der Waals surface area contributed by atoms with Crippen LogP contribution >= 0.6 is 0 Å². The van der Waals surface area contributed by atoms with Crippen LogP contribution in [0.1, 0.15) is 15.9 Å². The zero-order chi connectivity index (χ0) is 14.4. The Morgan fingerprint density at radius 1 is 1.20 bits per heavy atom. The molecule has 0 aliphatic carbocycles. The molecule has 0 heterocycles. The third-order valence-corrected chi connectivity index (χ3v) is 2.86. The summed E-state index contributed by atoms with van der Waals surface area (Å²) in [6.45, 7) is 0.598. The van der Waals surface area contributed by atoms with Gasteiger partial charge in [0.1, 0.15) is 6.61 Å². The molecule has 0 saturated heterocycles. The number of carbonyl (C=O) groups is 1. The number of nitrogens with one attached hydrogen (secondary N) is 1. The number of rotatable bonds is 6. The van der Waals surface area contributed by atoms with E-state index in [0.29, 0.717) is 17.9 Å². The molecule has 0 aromatic heterocycles. The SMILES string of the molecule is CNCC(=O)c1ccc(O)c(OCc2ccccc2)c1. The summed E-state index contributed by atoms with van der Waals surface area (Å²) in [7, 11) is 1.71. The van der Waals surface area contributed by atoms with Crippen LogP contribution in [-0.2, 0) is 6.61 Å². The van der Waals surface area contributed by atoms with E-state index in [1.165, 1.54) is 6.07 Å². The second-order valence-electron chi connectivity index (χ2n) is 4.41. The molecule has 0 fully saturated rings. The summed E-state index contributed by atoms with van der Waals surface area (Å²) in [6, 6.07) is 14.3. The minimum Gasteiger partial charge on any atom is -0.504 e. The van der Waals surface area contributed by atoms with Crippen LogP contribution in [0.25, 0.3) is 0 Å². The maximum absolute atomic E-state index is 11.8. The van der Waals surface area contributed by atoms with Gasteiger partial charge in [-0.1, -0.05) is 30.3 Å². The standard InChI is InChI=1S/C16H17NO3/c1-17-10-15(19)13-7-8-14(18)16(9-13)20-11-12-5-3-2-4-6-12/h2-9,17-18H,10-11H2,1H3. The average Bonchev–Trinajstić information content (AvgIpc) is 2.47. The Balaban J connectivity index is 2.10. The number of phenolic OH excluding ortho intramolecular Hbond substituents is 1. The molecule has 0 atom stereocenters. The zero-order valence-electron chi connectivity index (χ0n) is 11.3. The molecule has 0 saturated carbocycles. The Kier molecular flexibility index (Phi) is 4.74. The van der Waals surface area contributed by atoms with Gasteiger partial charge in [0.15, 0.2) is 17.3 Å². The van der Waals surface area contributed by atoms with Gasteiger partial charge in [-0.15, -0.1) is 0 Å². The number of Topliss-reactive ketones (excluding diaryl/α,β-unsaturated/α-hetero) is 1. The van der Waals surface area contributed by atoms with Gasteiger partial charge in [0, 0.05) is 5.56 Å². The molecule has 2 rings (SSSR count). The van der Waals surface area contributed by atoms with Crippen molar-refractivity contribution in [3.63, 3.8) is 0 Å². The van der Waals surface area contributed by atoms with Crippen molar-refractivity contribution in [3.8, 4) is 11.5 Å². The van der Waals surface area contributed by atoms with Crippen LogP contribution in [-0.4, -0.2) is 24.5 Å². The Morgan fingerprint density at radius 3 is 2.65 bits per heavy atom. The highest BCUT2D eigenvalue weighted by atomic mass is 16.5. The molecule has 0 amide bonds. The normalized spacial score (nSPS) is 10.2. The predicted octanol–water partition coefficient (Wildman–Crippen LogP) is 2.37. The number of hydrogen-bond donors (Lipinski definition) is 2. The van der Waals surface area contributed by atoms with E-state index in [-0.39, 0.29) is 18.1 Å². The van der Waals surface area contributed by atoms with E-state index in [2.05, 4.69) is 5.32 Å². The Labute approximate surface area is 118 Å². The van der Waals surface area contributed by atoms with Crippen LogP contribution < -0.4 is 10.1 Å². The molecule has 2 aromatic carbocycles. The average molecular weight is 271 g/mol. The fourth-order valence-electron chi connectivity index (χ4n) is 1.80. The summed E-state index contributed by atoms with van der Waals surface area (Å²) in [5.74, 6) is 0.301. The first-order valence-corrected chi connectivity index (χ1v) is 6.38. The van der Waals surface area contributed by atoms with Crippen molar-refractivity contribution in [3.05, 3.63) is 59.7 Å². The van der Waals surface area contributed by atoms with Crippen molar-refractivity contribution in [2.45, 2.75) is 6.61 Å². The molecule has 0 bridgehead atoms. The Morgan fingerprint density at radius 2 is 1.95 bits per heavy atom. The number of carbonyl (C=O) groups excluding carboxylic acids is 1. The van der Waals surface area contributed by atoms with Gasteiger partial charge < -0.3 is 15.2 Å². The minimum atomic E-state index is -0.0444. The first kappa shape index (κ1) is 14.1. The number of ketones is 1. The maximum Gasteiger partial charge on any atom is 0.176 e. The molecule has 2 aromatic rings. The van der Waals surface area contributed by atoms with Crippen molar-refractivity contribution in [1.82, 2.24) is 5.32 Å². The summed E-state index contributed by atoms with van der Waals surface area (Å²) in [4.78, 5) is 11.8. The van der Waals surface area contributed by atoms with Crippen LogP contribution in [0.3, 0.4) is 0 Å². The van der Waals surface area contributed by atoms with E-state index in [0.717, 1.165) is 5.56 Å². The van der Waals surface area contributed by atoms with E-state index in [4.69, 9.17) is 4.74 Å². The topological polar surface area (TPSA) is 58.6 Å². The third kappa shape index (κ3) is 3.59.